The molecule has 4 aliphatic rings. The Morgan fingerprint density at radius 2 is 1.33 bits per heavy atom. The molecule has 4 rings (SSSR count). The lowest BCUT2D eigenvalue weighted by atomic mass is 9.86. The zero-order chi connectivity index (χ0) is 24.1. The summed E-state index contributed by atoms with van der Waals surface area (Å²) in [5.41, 5.74) is 0. The van der Waals surface area contributed by atoms with Crippen LogP contribution >= 0.6 is 0 Å². The molecular formula is C23H46O8Si2. The predicted molar refractivity (Wildman–Crippen MR) is 129 cm³/mol. The van der Waals surface area contributed by atoms with Crippen LogP contribution in [0.25, 0.3) is 0 Å². The van der Waals surface area contributed by atoms with E-state index in [-0.39, 0.29) is 6.10 Å². The normalized spacial score (nSPS) is 33.9. The second-order valence-electron chi connectivity index (χ2n) is 9.81. The molecule has 33 heavy (non-hydrogen) atoms. The van der Waals surface area contributed by atoms with Crippen molar-refractivity contribution in [3.05, 3.63) is 0 Å². The van der Waals surface area contributed by atoms with Gasteiger partial charge in [0.2, 0.25) is 0 Å². The second-order valence-corrected chi connectivity index (χ2v) is 15.2. The molecule has 10 heteroatoms. The molecule has 194 valence electrons. The molecule has 0 aromatic heterocycles. The number of hydrogen-bond acceptors (Lipinski definition) is 8. The summed E-state index contributed by atoms with van der Waals surface area (Å²) in [6, 6.07) is 0. The van der Waals surface area contributed by atoms with Crippen molar-refractivity contribution in [1.82, 2.24) is 0 Å². The van der Waals surface area contributed by atoms with Crippen LogP contribution in [0.5, 0.6) is 0 Å². The molecule has 7 atom stereocenters. The lowest BCUT2D eigenvalue weighted by Gasteiger charge is -2.33. The standard InChI is InChI=1S/C13H26O4Si.C10H20O4Si/c1-5-14-18(4,15-6-2)17-10(3)11-7-8-12-13(9-11)16-12;1-11-15(3,12-2)13-7-8-4-5-9-10(6-8)14-9/h10-13H,5-9H2,1-4H3;8-10H,4-7H2,1-3H3. The van der Waals surface area contributed by atoms with E-state index in [0.717, 1.165) is 19.4 Å². The Bertz CT molecular complexity index is 587. The number of fused-ring (bicyclic) bond motifs is 2. The highest BCUT2D eigenvalue weighted by Crippen LogP contribution is 2.42. The predicted octanol–water partition coefficient (Wildman–Crippen LogP) is 4.03. The van der Waals surface area contributed by atoms with Crippen LogP contribution in [0.15, 0.2) is 0 Å². The summed E-state index contributed by atoms with van der Waals surface area (Å²) >= 11 is 0. The largest absolute Gasteiger partial charge is 0.497 e. The van der Waals surface area contributed by atoms with E-state index in [1.807, 2.05) is 26.9 Å². The molecule has 0 amide bonds. The second kappa shape index (κ2) is 12.4. The summed E-state index contributed by atoms with van der Waals surface area (Å²) in [7, 11) is -1.48. The Morgan fingerprint density at radius 3 is 1.85 bits per heavy atom. The molecule has 2 aliphatic heterocycles. The maximum atomic E-state index is 6.16. The van der Waals surface area contributed by atoms with E-state index in [2.05, 4.69) is 6.92 Å². The fraction of sp³-hybridized carbons (Fsp3) is 1.00. The van der Waals surface area contributed by atoms with Gasteiger partial charge in [0.15, 0.2) is 0 Å². The fourth-order valence-electron chi connectivity index (χ4n) is 5.04. The third kappa shape index (κ3) is 8.33. The van der Waals surface area contributed by atoms with Crippen molar-refractivity contribution in [1.29, 1.82) is 0 Å². The fourth-order valence-corrected chi connectivity index (χ4v) is 8.11. The third-order valence-electron chi connectivity index (χ3n) is 7.36. The van der Waals surface area contributed by atoms with E-state index in [9.17, 15) is 0 Å². The third-order valence-corrected chi connectivity index (χ3v) is 12.0. The molecule has 2 saturated carbocycles. The van der Waals surface area contributed by atoms with Crippen molar-refractivity contribution in [3.8, 4) is 0 Å². The van der Waals surface area contributed by atoms with Gasteiger partial charge in [-0.15, -0.1) is 0 Å². The molecule has 7 unspecified atom stereocenters. The SMILES string of the molecule is CCO[Si](C)(OCC)OC(C)C1CCC2OC2C1.CO[Si](C)(OC)OCC1CCC2OC2C1. The van der Waals surface area contributed by atoms with Gasteiger partial charge in [0.25, 0.3) is 0 Å². The van der Waals surface area contributed by atoms with Gasteiger partial charge in [-0.1, -0.05) is 0 Å². The molecule has 0 aromatic rings. The lowest BCUT2D eigenvalue weighted by Crippen LogP contribution is -2.47. The van der Waals surface area contributed by atoms with Gasteiger partial charge in [0, 0.05) is 53.2 Å². The molecule has 4 fully saturated rings. The topological polar surface area (TPSA) is 80.4 Å². The molecular weight excluding hydrogens is 460 g/mol. The van der Waals surface area contributed by atoms with E-state index in [0.29, 0.717) is 49.5 Å². The summed E-state index contributed by atoms with van der Waals surface area (Å²) in [5, 5.41) is 0. The molecule has 0 N–H and O–H groups in total. The highest BCUT2D eigenvalue weighted by molar-refractivity contribution is 6.59. The molecule has 0 radical (unpaired) electrons. The monoisotopic (exact) mass is 506 g/mol. The van der Waals surface area contributed by atoms with Gasteiger partial charge in [-0.3, -0.25) is 0 Å². The minimum atomic E-state index is -2.45. The van der Waals surface area contributed by atoms with Gasteiger partial charge in [0.05, 0.1) is 24.4 Å². The summed E-state index contributed by atoms with van der Waals surface area (Å²) < 4.78 is 45.0. The van der Waals surface area contributed by atoms with Gasteiger partial charge in [-0.2, -0.15) is 0 Å². The average molecular weight is 507 g/mol. The zero-order valence-corrected chi connectivity index (χ0v) is 23.7. The Kier molecular flexibility index (Phi) is 10.4. The highest BCUT2D eigenvalue weighted by atomic mass is 28.4. The van der Waals surface area contributed by atoms with E-state index in [1.165, 1.54) is 25.7 Å². The minimum absolute atomic E-state index is 0.199. The summed E-state index contributed by atoms with van der Waals surface area (Å²) in [5.74, 6) is 1.20. The molecule has 2 heterocycles. The van der Waals surface area contributed by atoms with E-state index in [4.69, 9.17) is 36.0 Å². The lowest BCUT2D eigenvalue weighted by molar-refractivity contribution is 0.0157. The Morgan fingerprint density at radius 1 is 0.758 bits per heavy atom. The number of ether oxygens (including phenoxy) is 2. The van der Waals surface area contributed by atoms with E-state index in [1.54, 1.807) is 14.2 Å². The summed E-state index contributed by atoms with van der Waals surface area (Å²) in [6.45, 7) is 12.1. The van der Waals surface area contributed by atoms with Crippen molar-refractivity contribution in [2.24, 2.45) is 11.8 Å². The first-order valence-corrected chi connectivity index (χ1v) is 17.2. The Hall–Kier alpha value is 0.114. The van der Waals surface area contributed by atoms with Crippen molar-refractivity contribution >= 4 is 17.6 Å². The molecule has 2 aliphatic carbocycles. The molecule has 0 bridgehead atoms. The van der Waals surface area contributed by atoms with Gasteiger partial charge in [0.1, 0.15) is 0 Å². The van der Waals surface area contributed by atoms with Crippen LogP contribution < -0.4 is 0 Å². The summed E-state index contributed by atoms with van der Waals surface area (Å²) in [4.78, 5) is 0. The van der Waals surface area contributed by atoms with Gasteiger partial charge < -0.3 is 36.0 Å². The molecule has 8 nitrogen and oxygen atoms in total. The van der Waals surface area contributed by atoms with Crippen LogP contribution in [-0.2, 0) is 36.0 Å². The number of epoxide rings is 2. The van der Waals surface area contributed by atoms with E-state index < -0.39 is 17.6 Å². The number of hydrogen-bond donors (Lipinski definition) is 0. The van der Waals surface area contributed by atoms with Gasteiger partial charge in [-0.05, 0) is 71.1 Å². The zero-order valence-electron chi connectivity index (χ0n) is 21.7. The Balaban J connectivity index is 0.000000189. The van der Waals surface area contributed by atoms with Crippen molar-refractivity contribution in [3.63, 3.8) is 0 Å². The number of rotatable bonds is 12. The molecule has 0 spiro atoms. The smallest absolute Gasteiger partial charge is 0.377 e. The van der Waals surface area contributed by atoms with Crippen LogP contribution in [0.3, 0.4) is 0 Å². The van der Waals surface area contributed by atoms with Crippen LogP contribution in [0.2, 0.25) is 13.1 Å². The van der Waals surface area contributed by atoms with Crippen molar-refractivity contribution in [2.45, 2.75) is 103 Å². The maximum Gasteiger partial charge on any atom is 0.497 e. The van der Waals surface area contributed by atoms with Crippen LogP contribution in [0.1, 0.15) is 59.3 Å². The summed E-state index contributed by atoms with van der Waals surface area (Å²) in [6.07, 6.45) is 9.39. The van der Waals surface area contributed by atoms with E-state index >= 15 is 0 Å². The van der Waals surface area contributed by atoms with Crippen LogP contribution in [0.4, 0.5) is 0 Å². The van der Waals surface area contributed by atoms with Crippen LogP contribution in [-0.4, -0.2) is 82.2 Å². The van der Waals surface area contributed by atoms with Gasteiger partial charge in [-0.25, -0.2) is 0 Å². The first-order chi connectivity index (χ1) is 15.7. The average Bonchev–Trinajstić information content (AvgIpc) is 3.71. The van der Waals surface area contributed by atoms with Crippen molar-refractivity contribution < 1.29 is 36.0 Å². The van der Waals surface area contributed by atoms with Crippen molar-refractivity contribution in [2.75, 3.05) is 34.0 Å². The molecule has 0 aromatic carbocycles. The first-order valence-electron chi connectivity index (χ1n) is 12.8. The Labute approximate surface area is 202 Å². The van der Waals surface area contributed by atoms with Gasteiger partial charge >= 0.3 is 17.6 Å². The maximum absolute atomic E-state index is 6.16. The first kappa shape index (κ1) is 27.7. The quantitative estimate of drug-likeness (QED) is 0.290. The minimum Gasteiger partial charge on any atom is -0.377 e. The molecule has 2 saturated heterocycles. The highest BCUT2D eigenvalue weighted by Gasteiger charge is 2.47. The van der Waals surface area contributed by atoms with Crippen LogP contribution in [0, 0.1) is 11.8 Å².